The summed E-state index contributed by atoms with van der Waals surface area (Å²) in [6.07, 6.45) is 0.728. The highest BCUT2D eigenvalue weighted by Gasteiger charge is 2.42. The molecule has 1 aliphatic heterocycles. The second-order valence-electron chi connectivity index (χ2n) is 6.11. The SMILES string of the molecule is Cc1cccc(C2C(C(=O)O)CCC(=O)N2C(C)C)c1C. The van der Waals surface area contributed by atoms with Gasteiger partial charge in [-0.05, 0) is 50.8 Å². The van der Waals surface area contributed by atoms with E-state index >= 15 is 0 Å². The average Bonchev–Trinajstić information content (AvgIpc) is 2.40. The maximum Gasteiger partial charge on any atom is 0.308 e. The third-order valence-corrected chi connectivity index (χ3v) is 4.48. The van der Waals surface area contributed by atoms with Crippen LogP contribution in [0.5, 0.6) is 0 Å². The number of amides is 1. The maximum atomic E-state index is 12.3. The Morgan fingerprint density at radius 1 is 1.33 bits per heavy atom. The van der Waals surface area contributed by atoms with E-state index in [-0.39, 0.29) is 18.0 Å². The molecule has 1 saturated heterocycles. The van der Waals surface area contributed by atoms with Crippen LogP contribution in [0.15, 0.2) is 18.2 Å². The first-order valence-electron chi connectivity index (χ1n) is 7.44. The zero-order chi connectivity index (χ0) is 15.7. The number of aryl methyl sites for hydroxylation is 1. The van der Waals surface area contributed by atoms with Gasteiger partial charge in [-0.1, -0.05) is 18.2 Å². The third-order valence-electron chi connectivity index (χ3n) is 4.48. The minimum Gasteiger partial charge on any atom is -0.481 e. The molecule has 1 aromatic rings. The van der Waals surface area contributed by atoms with E-state index in [0.717, 1.165) is 16.7 Å². The number of carbonyl (C=O) groups is 2. The van der Waals surface area contributed by atoms with E-state index in [1.807, 2.05) is 45.9 Å². The normalized spacial score (nSPS) is 22.7. The number of carbonyl (C=O) groups excluding carboxylic acids is 1. The molecule has 2 unspecified atom stereocenters. The fourth-order valence-electron chi connectivity index (χ4n) is 3.24. The van der Waals surface area contributed by atoms with Crippen LogP contribution >= 0.6 is 0 Å². The summed E-state index contributed by atoms with van der Waals surface area (Å²) >= 11 is 0. The Balaban J connectivity index is 2.57. The van der Waals surface area contributed by atoms with E-state index in [1.165, 1.54) is 0 Å². The number of nitrogens with zero attached hydrogens (tertiary/aromatic N) is 1. The predicted octanol–water partition coefficient (Wildman–Crippen LogP) is 3.08. The van der Waals surface area contributed by atoms with Crippen LogP contribution in [0.2, 0.25) is 0 Å². The van der Waals surface area contributed by atoms with E-state index in [0.29, 0.717) is 12.8 Å². The number of carboxylic acids is 1. The number of benzene rings is 1. The molecule has 114 valence electrons. The lowest BCUT2D eigenvalue weighted by molar-refractivity contribution is -0.153. The summed E-state index contributed by atoms with van der Waals surface area (Å²) in [5.41, 5.74) is 3.16. The van der Waals surface area contributed by atoms with E-state index < -0.39 is 11.9 Å². The maximum absolute atomic E-state index is 12.3. The van der Waals surface area contributed by atoms with E-state index in [4.69, 9.17) is 0 Å². The van der Waals surface area contributed by atoms with Gasteiger partial charge in [-0.2, -0.15) is 0 Å². The Labute approximate surface area is 125 Å². The third kappa shape index (κ3) is 2.80. The molecule has 0 spiro atoms. The highest BCUT2D eigenvalue weighted by Crippen LogP contribution is 2.39. The molecule has 0 saturated carbocycles. The topological polar surface area (TPSA) is 57.6 Å². The number of hydrogen-bond acceptors (Lipinski definition) is 2. The zero-order valence-electron chi connectivity index (χ0n) is 13.1. The smallest absolute Gasteiger partial charge is 0.308 e. The van der Waals surface area contributed by atoms with Crippen LogP contribution in [0.25, 0.3) is 0 Å². The monoisotopic (exact) mass is 289 g/mol. The highest BCUT2D eigenvalue weighted by molar-refractivity contribution is 5.82. The Morgan fingerprint density at radius 3 is 2.57 bits per heavy atom. The molecule has 0 aromatic heterocycles. The summed E-state index contributed by atoms with van der Waals surface area (Å²) in [6.45, 7) is 7.90. The molecule has 1 fully saturated rings. The second-order valence-corrected chi connectivity index (χ2v) is 6.11. The number of hydrogen-bond donors (Lipinski definition) is 1. The number of rotatable bonds is 3. The van der Waals surface area contributed by atoms with Gasteiger partial charge in [0.2, 0.25) is 5.91 Å². The van der Waals surface area contributed by atoms with E-state index in [9.17, 15) is 14.7 Å². The van der Waals surface area contributed by atoms with Crippen molar-refractivity contribution in [3.05, 3.63) is 34.9 Å². The first kappa shape index (κ1) is 15.5. The van der Waals surface area contributed by atoms with Crippen molar-refractivity contribution >= 4 is 11.9 Å². The summed E-state index contributed by atoms with van der Waals surface area (Å²) in [6, 6.07) is 5.53. The molecule has 0 aliphatic carbocycles. The van der Waals surface area contributed by atoms with Gasteiger partial charge in [-0.25, -0.2) is 0 Å². The summed E-state index contributed by atoms with van der Waals surface area (Å²) in [5.74, 6) is -1.31. The van der Waals surface area contributed by atoms with Gasteiger partial charge in [0.1, 0.15) is 0 Å². The van der Waals surface area contributed by atoms with Crippen LogP contribution in [0, 0.1) is 19.8 Å². The minimum absolute atomic E-state index is 0.00966. The number of likely N-dealkylation sites (tertiary alicyclic amines) is 1. The molecule has 1 amide bonds. The highest BCUT2D eigenvalue weighted by atomic mass is 16.4. The molecule has 4 heteroatoms. The van der Waals surface area contributed by atoms with Gasteiger partial charge in [0.15, 0.2) is 0 Å². The van der Waals surface area contributed by atoms with Gasteiger partial charge in [0, 0.05) is 12.5 Å². The molecule has 21 heavy (non-hydrogen) atoms. The van der Waals surface area contributed by atoms with Crippen molar-refractivity contribution in [2.24, 2.45) is 5.92 Å². The number of piperidine rings is 1. The Hall–Kier alpha value is -1.84. The van der Waals surface area contributed by atoms with E-state index in [2.05, 4.69) is 0 Å². The molecule has 4 nitrogen and oxygen atoms in total. The van der Waals surface area contributed by atoms with Gasteiger partial charge < -0.3 is 10.0 Å². The van der Waals surface area contributed by atoms with E-state index in [1.54, 1.807) is 4.90 Å². The summed E-state index contributed by atoms with van der Waals surface area (Å²) < 4.78 is 0. The standard InChI is InChI=1S/C17H23NO3/c1-10(2)18-15(19)9-8-14(17(20)21)16(18)13-7-5-6-11(3)12(13)4/h5-7,10,14,16H,8-9H2,1-4H3,(H,20,21). The molecule has 0 bridgehead atoms. The van der Waals surface area contributed by atoms with Crippen LogP contribution in [-0.4, -0.2) is 27.9 Å². The van der Waals surface area contributed by atoms with Crippen LogP contribution in [0.3, 0.4) is 0 Å². The molecule has 1 aromatic carbocycles. The van der Waals surface area contributed by atoms with Crippen LogP contribution in [0.1, 0.15) is 49.4 Å². The van der Waals surface area contributed by atoms with Crippen molar-refractivity contribution in [1.82, 2.24) is 4.90 Å². The van der Waals surface area contributed by atoms with Gasteiger partial charge in [0.25, 0.3) is 0 Å². The van der Waals surface area contributed by atoms with Gasteiger partial charge >= 0.3 is 5.97 Å². The lowest BCUT2D eigenvalue weighted by atomic mass is 9.81. The summed E-state index contributed by atoms with van der Waals surface area (Å²) in [7, 11) is 0. The molecule has 1 aliphatic rings. The molecule has 1 heterocycles. The van der Waals surface area contributed by atoms with Gasteiger partial charge in [-0.3, -0.25) is 9.59 Å². The van der Waals surface area contributed by atoms with Crippen molar-refractivity contribution in [1.29, 1.82) is 0 Å². The quantitative estimate of drug-likeness (QED) is 0.930. The second kappa shape index (κ2) is 5.88. The van der Waals surface area contributed by atoms with Gasteiger partial charge in [0.05, 0.1) is 12.0 Å². The predicted molar refractivity (Wildman–Crippen MR) is 81.0 cm³/mol. The summed E-state index contributed by atoms with van der Waals surface area (Å²) in [4.78, 5) is 25.7. The first-order chi connectivity index (χ1) is 9.84. The lowest BCUT2D eigenvalue weighted by Gasteiger charge is -2.43. The fraction of sp³-hybridized carbons (Fsp3) is 0.529. The molecule has 2 atom stereocenters. The number of carboxylic acid groups (broad SMARTS) is 1. The molecule has 1 N–H and O–H groups in total. The minimum atomic E-state index is -0.820. The Kier molecular flexibility index (Phi) is 4.35. The molecular weight excluding hydrogens is 266 g/mol. The van der Waals surface area contributed by atoms with Gasteiger partial charge in [-0.15, -0.1) is 0 Å². The van der Waals surface area contributed by atoms with Crippen molar-refractivity contribution in [3.8, 4) is 0 Å². The molecule has 2 rings (SSSR count). The van der Waals surface area contributed by atoms with Crippen molar-refractivity contribution in [2.45, 2.75) is 52.6 Å². The average molecular weight is 289 g/mol. The van der Waals surface area contributed by atoms with Crippen LogP contribution in [-0.2, 0) is 9.59 Å². The van der Waals surface area contributed by atoms with Crippen molar-refractivity contribution < 1.29 is 14.7 Å². The zero-order valence-corrected chi connectivity index (χ0v) is 13.1. The number of aliphatic carboxylic acids is 1. The fourth-order valence-corrected chi connectivity index (χ4v) is 3.24. The van der Waals surface area contributed by atoms with Crippen molar-refractivity contribution in [3.63, 3.8) is 0 Å². The molecule has 0 radical (unpaired) electrons. The lowest BCUT2D eigenvalue weighted by Crippen LogP contribution is -2.48. The van der Waals surface area contributed by atoms with Crippen LogP contribution in [0.4, 0.5) is 0 Å². The summed E-state index contributed by atoms with van der Waals surface area (Å²) in [5, 5.41) is 9.58. The molecular formula is C17H23NO3. The first-order valence-corrected chi connectivity index (χ1v) is 7.44. The Bertz CT molecular complexity index is 565. The van der Waals surface area contributed by atoms with Crippen LogP contribution < -0.4 is 0 Å². The van der Waals surface area contributed by atoms with Crippen molar-refractivity contribution in [2.75, 3.05) is 0 Å². The largest absolute Gasteiger partial charge is 0.481 e. The Morgan fingerprint density at radius 2 is 2.00 bits per heavy atom.